The van der Waals surface area contributed by atoms with E-state index >= 15 is 0 Å². The Morgan fingerprint density at radius 3 is 2.30 bits per heavy atom. The van der Waals surface area contributed by atoms with E-state index in [0.29, 0.717) is 30.2 Å². The van der Waals surface area contributed by atoms with Crippen LogP contribution in [0.1, 0.15) is 5.56 Å². The van der Waals surface area contributed by atoms with E-state index in [1.54, 1.807) is 31.3 Å². The van der Waals surface area contributed by atoms with Crippen molar-refractivity contribution in [3.05, 3.63) is 90.1 Å². The molecule has 0 aliphatic carbocycles. The summed E-state index contributed by atoms with van der Waals surface area (Å²) in [5.74, 6) is 0.818. The lowest BCUT2D eigenvalue weighted by Crippen LogP contribution is -2.28. The molecule has 0 unspecified atom stereocenters. The van der Waals surface area contributed by atoms with Crippen LogP contribution in [0.15, 0.2) is 84.6 Å². The minimum atomic E-state index is -0.450. The molecule has 0 aliphatic heterocycles. The molecule has 3 aromatic carbocycles. The van der Waals surface area contributed by atoms with Crippen LogP contribution in [0.25, 0.3) is 0 Å². The zero-order valence-electron chi connectivity index (χ0n) is 18.6. The van der Waals surface area contributed by atoms with Crippen LogP contribution in [0, 0.1) is 11.3 Å². The number of benzene rings is 3. The van der Waals surface area contributed by atoms with Crippen LogP contribution in [-0.4, -0.2) is 26.7 Å². The summed E-state index contributed by atoms with van der Waals surface area (Å²) >= 11 is 0. The number of rotatable bonds is 9. The van der Waals surface area contributed by atoms with Crippen LogP contribution in [0.4, 0.5) is 17.1 Å². The third kappa shape index (κ3) is 6.05. The summed E-state index contributed by atoms with van der Waals surface area (Å²) < 4.78 is 10.6. The minimum absolute atomic E-state index is 0.0111. The second-order valence-electron chi connectivity index (χ2n) is 7.15. The molecule has 0 aliphatic rings. The number of hydrogen-bond donors (Lipinski definition) is 2. The van der Waals surface area contributed by atoms with Gasteiger partial charge in [0, 0.05) is 29.8 Å². The van der Waals surface area contributed by atoms with Gasteiger partial charge in [0.25, 0.3) is 5.91 Å². The van der Waals surface area contributed by atoms with Gasteiger partial charge >= 0.3 is 0 Å². The molecular formula is C26H26N4O3. The van der Waals surface area contributed by atoms with Crippen molar-refractivity contribution in [2.75, 3.05) is 31.4 Å². The third-order valence-electron chi connectivity index (χ3n) is 4.98. The molecule has 1 amide bonds. The van der Waals surface area contributed by atoms with Crippen LogP contribution in [-0.2, 0) is 11.2 Å². The predicted octanol–water partition coefficient (Wildman–Crippen LogP) is 4.19. The second kappa shape index (κ2) is 11.3. The van der Waals surface area contributed by atoms with E-state index in [1.165, 1.54) is 6.20 Å². The van der Waals surface area contributed by atoms with Gasteiger partial charge < -0.3 is 25.4 Å². The number of ether oxygens (including phenoxy) is 2. The molecule has 0 saturated heterocycles. The Morgan fingerprint density at radius 2 is 1.67 bits per heavy atom. The molecule has 0 radical (unpaired) electrons. The Bertz CT molecular complexity index is 1150. The summed E-state index contributed by atoms with van der Waals surface area (Å²) in [5, 5.41) is 12.5. The average Bonchev–Trinajstić information content (AvgIpc) is 2.85. The fourth-order valence-corrected chi connectivity index (χ4v) is 3.24. The van der Waals surface area contributed by atoms with Crippen LogP contribution in [0.3, 0.4) is 0 Å². The Morgan fingerprint density at radius 1 is 1.00 bits per heavy atom. The Hall–Kier alpha value is -4.44. The normalized spacial score (nSPS) is 10.8. The van der Waals surface area contributed by atoms with Crippen molar-refractivity contribution in [3.8, 4) is 17.6 Å². The molecule has 0 bridgehead atoms. The number of amides is 1. The van der Waals surface area contributed by atoms with Gasteiger partial charge in [-0.05, 0) is 60.5 Å². The highest BCUT2D eigenvalue weighted by Gasteiger charge is 2.14. The number of para-hydroxylation sites is 1. The summed E-state index contributed by atoms with van der Waals surface area (Å²) in [5.41, 5.74) is 9.00. The molecular weight excluding hydrogens is 416 g/mol. The molecule has 168 valence electrons. The standard InChI is InChI=1S/C26H26N4O3/c1-32-24-13-8-19(16-25(24)33-2)14-15-29-26(31)20(17-27)18-30(22-6-4-3-5-7-22)23-11-9-21(28)10-12-23/h3-13,16,18H,14-15,28H2,1-2H3,(H,29,31)/b20-18-. The smallest absolute Gasteiger partial charge is 0.263 e. The summed E-state index contributed by atoms with van der Waals surface area (Å²) in [4.78, 5) is 14.5. The molecule has 7 heteroatoms. The predicted molar refractivity (Wildman–Crippen MR) is 129 cm³/mol. The van der Waals surface area contributed by atoms with Gasteiger partial charge in [-0.3, -0.25) is 4.79 Å². The molecule has 3 rings (SSSR count). The molecule has 0 heterocycles. The molecule has 33 heavy (non-hydrogen) atoms. The van der Waals surface area contributed by atoms with Gasteiger partial charge in [0.1, 0.15) is 11.6 Å². The van der Waals surface area contributed by atoms with Crippen molar-refractivity contribution >= 4 is 23.0 Å². The molecule has 3 aromatic rings. The quantitative estimate of drug-likeness (QED) is 0.293. The maximum absolute atomic E-state index is 12.7. The zero-order valence-corrected chi connectivity index (χ0v) is 18.6. The van der Waals surface area contributed by atoms with Crippen molar-refractivity contribution in [3.63, 3.8) is 0 Å². The first kappa shape index (κ1) is 23.2. The van der Waals surface area contributed by atoms with Gasteiger partial charge in [0.05, 0.1) is 14.2 Å². The van der Waals surface area contributed by atoms with E-state index in [-0.39, 0.29) is 5.57 Å². The SMILES string of the molecule is COc1ccc(CCNC(=O)/C(C#N)=C\N(c2ccccc2)c2ccc(N)cc2)cc1OC. The first-order valence-corrected chi connectivity index (χ1v) is 10.4. The second-order valence-corrected chi connectivity index (χ2v) is 7.15. The molecule has 0 saturated carbocycles. The molecule has 3 N–H and O–H groups in total. The molecule has 0 fully saturated rings. The largest absolute Gasteiger partial charge is 0.493 e. The zero-order chi connectivity index (χ0) is 23.6. The number of nitrogens with two attached hydrogens (primary N) is 1. The maximum atomic E-state index is 12.7. The number of carbonyl (C=O) groups is 1. The van der Waals surface area contributed by atoms with Crippen LogP contribution in [0.5, 0.6) is 11.5 Å². The average molecular weight is 443 g/mol. The fourth-order valence-electron chi connectivity index (χ4n) is 3.24. The van der Waals surface area contributed by atoms with E-state index in [2.05, 4.69) is 5.32 Å². The number of nitrogen functional groups attached to an aromatic ring is 1. The Balaban J connectivity index is 1.75. The van der Waals surface area contributed by atoms with E-state index in [1.807, 2.05) is 66.7 Å². The topological polar surface area (TPSA) is 101 Å². The number of methoxy groups -OCH3 is 2. The van der Waals surface area contributed by atoms with Gasteiger partial charge in [-0.1, -0.05) is 24.3 Å². The van der Waals surface area contributed by atoms with Gasteiger partial charge in [0.15, 0.2) is 11.5 Å². The number of nitrogens with one attached hydrogen (secondary N) is 1. The van der Waals surface area contributed by atoms with Crippen LogP contribution >= 0.6 is 0 Å². The number of carbonyl (C=O) groups excluding carboxylic acids is 1. The summed E-state index contributed by atoms with van der Waals surface area (Å²) in [7, 11) is 3.16. The lowest BCUT2D eigenvalue weighted by Gasteiger charge is -2.21. The molecule has 0 spiro atoms. The summed E-state index contributed by atoms with van der Waals surface area (Å²) in [6, 6.07) is 24.3. The van der Waals surface area contributed by atoms with Gasteiger partial charge in [-0.15, -0.1) is 0 Å². The lowest BCUT2D eigenvalue weighted by molar-refractivity contribution is -0.117. The highest BCUT2D eigenvalue weighted by atomic mass is 16.5. The minimum Gasteiger partial charge on any atom is -0.493 e. The maximum Gasteiger partial charge on any atom is 0.263 e. The van der Waals surface area contributed by atoms with Gasteiger partial charge in [-0.25, -0.2) is 0 Å². The highest BCUT2D eigenvalue weighted by Crippen LogP contribution is 2.28. The summed E-state index contributed by atoms with van der Waals surface area (Å²) in [6.07, 6.45) is 2.11. The third-order valence-corrected chi connectivity index (χ3v) is 4.98. The number of hydrogen-bond acceptors (Lipinski definition) is 6. The van der Waals surface area contributed by atoms with Crippen molar-refractivity contribution in [1.82, 2.24) is 5.32 Å². The number of nitrogens with zero attached hydrogens (tertiary/aromatic N) is 2. The van der Waals surface area contributed by atoms with E-state index < -0.39 is 5.91 Å². The van der Waals surface area contributed by atoms with Crippen molar-refractivity contribution < 1.29 is 14.3 Å². The van der Waals surface area contributed by atoms with Crippen molar-refractivity contribution in [2.45, 2.75) is 6.42 Å². The van der Waals surface area contributed by atoms with Crippen molar-refractivity contribution in [1.29, 1.82) is 5.26 Å². The van der Waals surface area contributed by atoms with E-state index in [9.17, 15) is 10.1 Å². The number of nitriles is 1. The van der Waals surface area contributed by atoms with Gasteiger partial charge in [-0.2, -0.15) is 5.26 Å². The van der Waals surface area contributed by atoms with E-state index in [4.69, 9.17) is 15.2 Å². The van der Waals surface area contributed by atoms with E-state index in [0.717, 1.165) is 16.9 Å². The summed E-state index contributed by atoms with van der Waals surface area (Å²) in [6.45, 7) is 0.362. The van der Waals surface area contributed by atoms with Gasteiger partial charge in [0.2, 0.25) is 0 Å². The highest BCUT2D eigenvalue weighted by molar-refractivity contribution is 5.98. The first-order valence-electron chi connectivity index (χ1n) is 10.4. The lowest BCUT2D eigenvalue weighted by atomic mass is 10.1. The number of anilines is 3. The Kier molecular flexibility index (Phi) is 7.92. The molecule has 0 aromatic heterocycles. The van der Waals surface area contributed by atoms with Crippen LogP contribution < -0.4 is 25.4 Å². The van der Waals surface area contributed by atoms with Crippen LogP contribution in [0.2, 0.25) is 0 Å². The van der Waals surface area contributed by atoms with Crippen molar-refractivity contribution in [2.24, 2.45) is 0 Å². The molecule has 0 atom stereocenters. The molecule has 7 nitrogen and oxygen atoms in total. The monoisotopic (exact) mass is 442 g/mol. The first-order chi connectivity index (χ1) is 16.0. The Labute approximate surface area is 193 Å². The fraction of sp³-hybridized carbons (Fsp3) is 0.154.